The normalized spacial score (nSPS) is 9.96. The summed E-state index contributed by atoms with van der Waals surface area (Å²) in [6.07, 6.45) is 2.09. The first-order chi connectivity index (χ1) is 13.7. The zero-order valence-electron chi connectivity index (χ0n) is 15.3. The average molecular weight is 372 g/mol. The van der Waals surface area contributed by atoms with Gasteiger partial charge in [0.05, 0.1) is 18.2 Å². The smallest absolute Gasteiger partial charge is 0.319 e. The number of amides is 2. The van der Waals surface area contributed by atoms with Gasteiger partial charge in [-0.1, -0.05) is 30.3 Å². The molecule has 6 nitrogen and oxygen atoms in total. The minimum atomic E-state index is -0.288. The molecule has 6 heteroatoms. The number of anilines is 1. The lowest BCUT2D eigenvalue weighted by molar-refractivity contribution is 0.251. The van der Waals surface area contributed by atoms with E-state index in [1.165, 1.54) is 0 Å². The van der Waals surface area contributed by atoms with Crippen LogP contribution < -0.4 is 15.4 Å². The molecule has 1 heterocycles. The predicted molar refractivity (Wildman–Crippen MR) is 107 cm³/mol. The van der Waals surface area contributed by atoms with E-state index in [1.54, 1.807) is 18.3 Å². The molecule has 0 aliphatic rings. The lowest BCUT2D eigenvalue weighted by atomic mass is 10.1. The average Bonchev–Trinajstić information content (AvgIpc) is 2.74. The van der Waals surface area contributed by atoms with Crippen LogP contribution in [0.15, 0.2) is 72.9 Å². The number of rotatable bonds is 7. The summed E-state index contributed by atoms with van der Waals surface area (Å²) in [6.45, 7) is 0.812. The van der Waals surface area contributed by atoms with Gasteiger partial charge in [0.15, 0.2) is 0 Å². The fraction of sp³-hybridized carbons (Fsp3) is 0.136. The largest absolute Gasteiger partial charge is 0.487 e. The highest BCUT2D eigenvalue weighted by Gasteiger charge is 2.03. The summed E-state index contributed by atoms with van der Waals surface area (Å²) in [5, 5.41) is 14.2. The van der Waals surface area contributed by atoms with Crippen molar-refractivity contribution < 1.29 is 9.53 Å². The molecular formula is C22H20N4O2. The molecule has 0 atom stereocenters. The van der Waals surface area contributed by atoms with Crippen molar-refractivity contribution in [2.75, 3.05) is 5.32 Å². The van der Waals surface area contributed by atoms with Gasteiger partial charge in [0.1, 0.15) is 12.4 Å². The molecule has 0 saturated carbocycles. The monoisotopic (exact) mass is 372 g/mol. The van der Waals surface area contributed by atoms with Crippen LogP contribution in [0.1, 0.15) is 16.8 Å². The second-order valence-electron chi connectivity index (χ2n) is 6.09. The molecule has 2 N–H and O–H groups in total. The number of urea groups is 1. The molecule has 0 fully saturated rings. The molecule has 0 spiro atoms. The Kier molecular flexibility index (Phi) is 6.58. The maximum atomic E-state index is 12.0. The summed E-state index contributed by atoms with van der Waals surface area (Å²) in [6, 6.07) is 22.3. The van der Waals surface area contributed by atoms with Crippen molar-refractivity contribution in [3.05, 3.63) is 89.7 Å². The number of hydrogen-bond acceptors (Lipinski definition) is 4. The van der Waals surface area contributed by atoms with E-state index in [-0.39, 0.29) is 6.03 Å². The fourth-order valence-corrected chi connectivity index (χ4v) is 2.50. The summed E-state index contributed by atoms with van der Waals surface area (Å²) in [7, 11) is 0. The minimum Gasteiger partial charge on any atom is -0.487 e. The van der Waals surface area contributed by atoms with E-state index in [1.807, 2.05) is 54.6 Å². The van der Waals surface area contributed by atoms with Gasteiger partial charge in [-0.05, 0) is 47.5 Å². The van der Waals surface area contributed by atoms with E-state index in [9.17, 15) is 4.79 Å². The number of carbonyl (C=O) groups is 1. The molecule has 0 unspecified atom stereocenters. The summed E-state index contributed by atoms with van der Waals surface area (Å²) in [5.41, 5.74) is 3.42. The fourth-order valence-electron chi connectivity index (χ4n) is 2.50. The van der Waals surface area contributed by atoms with Crippen molar-refractivity contribution in [3.8, 4) is 11.8 Å². The van der Waals surface area contributed by atoms with Gasteiger partial charge in [-0.15, -0.1) is 0 Å². The molecular weight excluding hydrogens is 352 g/mol. The maximum absolute atomic E-state index is 12.0. The van der Waals surface area contributed by atoms with Gasteiger partial charge in [0, 0.05) is 18.4 Å². The highest BCUT2D eigenvalue weighted by Crippen LogP contribution is 2.14. The molecule has 0 bridgehead atoms. The summed E-state index contributed by atoms with van der Waals surface area (Å²) >= 11 is 0. The van der Waals surface area contributed by atoms with E-state index in [0.717, 1.165) is 22.6 Å². The van der Waals surface area contributed by atoms with E-state index >= 15 is 0 Å². The highest BCUT2D eigenvalue weighted by molar-refractivity contribution is 5.89. The molecule has 28 heavy (non-hydrogen) atoms. The van der Waals surface area contributed by atoms with Gasteiger partial charge in [0.25, 0.3) is 0 Å². The summed E-state index contributed by atoms with van der Waals surface area (Å²) in [4.78, 5) is 16.2. The SMILES string of the molecule is N#CCc1ccc(NC(=O)NCc2ccc(OCc3ccccn3)cc2)cc1. The standard InChI is InChI=1S/C22H20N4O2/c23-13-12-17-4-8-19(9-5-17)26-22(27)25-15-18-6-10-21(11-7-18)28-16-20-3-1-2-14-24-20/h1-11,14H,12,15-16H2,(H2,25,26,27). The molecule has 3 aromatic rings. The quantitative estimate of drug-likeness (QED) is 0.655. The van der Waals surface area contributed by atoms with Crippen LogP contribution in [0.3, 0.4) is 0 Å². The van der Waals surface area contributed by atoms with Crippen molar-refractivity contribution in [2.24, 2.45) is 0 Å². The Balaban J connectivity index is 1.43. The minimum absolute atomic E-state index is 0.288. The third-order valence-corrected chi connectivity index (χ3v) is 3.98. The van der Waals surface area contributed by atoms with Crippen LogP contribution in [0.25, 0.3) is 0 Å². The lowest BCUT2D eigenvalue weighted by Gasteiger charge is -2.09. The molecule has 3 rings (SSSR count). The number of nitrogens with one attached hydrogen (secondary N) is 2. The number of pyridine rings is 1. The lowest BCUT2D eigenvalue weighted by Crippen LogP contribution is -2.28. The Morgan fingerprint density at radius 1 is 1.00 bits per heavy atom. The van der Waals surface area contributed by atoms with E-state index < -0.39 is 0 Å². The number of nitrogens with zero attached hydrogens (tertiary/aromatic N) is 2. The van der Waals surface area contributed by atoms with Crippen LogP contribution in [0.2, 0.25) is 0 Å². The van der Waals surface area contributed by atoms with Crippen LogP contribution in [0.5, 0.6) is 5.75 Å². The Bertz CT molecular complexity index is 933. The van der Waals surface area contributed by atoms with Crippen LogP contribution in [-0.4, -0.2) is 11.0 Å². The number of hydrogen-bond donors (Lipinski definition) is 2. The van der Waals surface area contributed by atoms with Crippen molar-refractivity contribution >= 4 is 11.7 Å². The van der Waals surface area contributed by atoms with Crippen LogP contribution in [0.4, 0.5) is 10.5 Å². The zero-order chi connectivity index (χ0) is 19.6. The Morgan fingerprint density at radius 3 is 2.43 bits per heavy atom. The molecule has 1 aromatic heterocycles. The van der Waals surface area contributed by atoms with Gasteiger partial charge in [0.2, 0.25) is 0 Å². The third-order valence-electron chi connectivity index (χ3n) is 3.98. The predicted octanol–water partition coefficient (Wildman–Crippen LogP) is 4.05. The second kappa shape index (κ2) is 9.74. The van der Waals surface area contributed by atoms with Crippen LogP contribution >= 0.6 is 0 Å². The molecule has 140 valence electrons. The number of aromatic nitrogens is 1. The molecule has 0 aliphatic carbocycles. The van der Waals surface area contributed by atoms with E-state index in [2.05, 4.69) is 21.7 Å². The van der Waals surface area contributed by atoms with Gasteiger partial charge in [-0.3, -0.25) is 4.98 Å². The summed E-state index contributed by atoms with van der Waals surface area (Å²) < 4.78 is 5.70. The molecule has 0 saturated heterocycles. The van der Waals surface area contributed by atoms with Crippen LogP contribution in [-0.2, 0) is 19.6 Å². The van der Waals surface area contributed by atoms with Crippen molar-refractivity contribution in [1.82, 2.24) is 10.3 Å². The number of nitriles is 1. The van der Waals surface area contributed by atoms with Crippen molar-refractivity contribution in [1.29, 1.82) is 5.26 Å². The number of ether oxygens (including phenoxy) is 1. The second-order valence-corrected chi connectivity index (χ2v) is 6.09. The Labute approximate surface area is 163 Å². The van der Waals surface area contributed by atoms with E-state index in [4.69, 9.17) is 10.00 Å². The first-order valence-electron chi connectivity index (χ1n) is 8.85. The van der Waals surface area contributed by atoms with Crippen molar-refractivity contribution in [3.63, 3.8) is 0 Å². The molecule has 2 aromatic carbocycles. The maximum Gasteiger partial charge on any atom is 0.319 e. The summed E-state index contributed by atoms with van der Waals surface area (Å²) in [5.74, 6) is 0.747. The van der Waals surface area contributed by atoms with Crippen molar-refractivity contribution in [2.45, 2.75) is 19.6 Å². The van der Waals surface area contributed by atoms with Gasteiger partial charge in [-0.2, -0.15) is 5.26 Å². The molecule has 2 amide bonds. The Morgan fingerprint density at radius 2 is 1.75 bits per heavy atom. The van der Waals surface area contributed by atoms with Gasteiger partial charge < -0.3 is 15.4 Å². The van der Waals surface area contributed by atoms with Gasteiger partial charge in [-0.25, -0.2) is 4.79 Å². The number of carbonyl (C=O) groups excluding carboxylic acids is 1. The topological polar surface area (TPSA) is 87.0 Å². The van der Waals surface area contributed by atoms with Crippen LogP contribution in [0, 0.1) is 11.3 Å². The Hall–Kier alpha value is -3.85. The van der Waals surface area contributed by atoms with Gasteiger partial charge >= 0.3 is 6.03 Å². The third kappa shape index (κ3) is 5.85. The number of benzene rings is 2. The molecule has 0 radical (unpaired) electrons. The zero-order valence-corrected chi connectivity index (χ0v) is 15.3. The first-order valence-corrected chi connectivity index (χ1v) is 8.85. The first kappa shape index (κ1) is 18.9. The molecule has 0 aliphatic heterocycles. The highest BCUT2D eigenvalue weighted by atomic mass is 16.5. The van der Waals surface area contributed by atoms with E-state index in [0.29, 0.717) is 25.3 Å².